The number of benzene rings is 2. The van der Waals surface area contributed by atoms with Crippen molar-refractivity contribution in [2.24, 2.45) is 5.73 Å². The molecule has 0 aliphatic rings. The average molecular weight is 277 g/mol. The summed E-state index contributed by atoms with van der Waals surface area (Å²) in [5.41, 5.74) is 7.52. The van der Waals surface area contributed by atoms with Crippen molar-refractivity contribution in [1.82, 2.24) is 4.98 Å². The molecule has 0 saturated carbocycles. The van der Waals surface area contributed by atoms with Gasteiger partial charge in [0, 0.05) is 18.4 Å². The molecule has 0 atom stereocenters. The van der Waals surface area contributed by atoms with E-state index in [1.807, 2.05) is 24.3 Å². The van der Waals surface area contributed by atoms with Crippen LogP contribution >= 0.6 is 0 Å². The number of pyridine rings is 1. The Morgan fingerprint density at radius 1 is 1.10 bits per heavy atom. The Balaban J connectivity index is 1.84. The number of carbonyl (C=O) groups excluding carboxylic acids is 1. The first-order valence-electron chi connectivity index (χ1n) is 6.70. The molecule has 0 bridgehead atoms. The maximum Gasteiger partial charge on any atom is 0.267 e. The molecular formula is C17H15N3O. The molecule has 0 aliphatic carbocycles. The topological polar surface area (TPSA) is 68.0 Å². The number of anilines is 1. The van der Waals surface area contributed by atoms with E-state index in [0.717, 1.165) is 5.69 Å². The summed E-state index contributed by atoms with van der Waals surface area (Å²) in [7, 11) is 0. The fourth-order valence-corrected chi connectivity index (χ4v) is 2.32. The average Bonchev–Trinajstić information content (AvgIpc) is 2.53. The number of carbonyl (C=O) groups is 1. The predicted octanol–water partition coefficient (Wildman–Crippen LogP) is 2.95. The molecule has 3 N–H and O–H groups in total. The van der Waals surface area contributed by atoms with E-state index in [4.69, 9.17) is 5.73 Å². The van der Waals surface area contributed by atoms with Crippen LogP contribution in [0.5, 0.6) is 0 Å². The van der Waals surface area contributed by atoms with Gasteiger partial charge >= 0.3 is 0 Å². The van der Waals surface area contributed by atoms with Crippen LogP contribution in [0.15, 0.2) is 60.8 Å². The SMILES string of the molecule is NC(=O)c1cc(NCc2cccc3ccccc23)ccn1. The number of primary amides is 1. The number of fused-ring (bicyclic) bond motifs is 1. The maximum absolute atomic E-state index is 11.1. The first-order valence-corrected chi connectivity index (χ1v) is 6.70. The Bertz CT molecular complexity index is 793. The zero-order chi connectivity index (χ0) is 14.7. The molecule has 1 aromatic heterocycles. The van der Waals surface area contributed by atoms with Crippen molar-refractivity contribution in [1.29, 1.82) is 0 Å². The number of amides is 1. The number of nitrogens with zero attached hydrogens (tertiary/aromatic N) is 1. The Hall–Kier alpha value is -2.88. The lowest BCUT2D eigenvalue weighted by Gasteiger charge is -2.09. The molecule has 1 amide bonds. The standard InChI is InChI=1S/C17H15N3O/c18-17(21)16-10-14(8-9-19-16)20-11-13-6-3-5-12-4-1-2-7-15(12)13/h1-10H,11H2,(H2,18,21)(H,19,20). The summed E-state index contributed by atoms with van der Waals surface area (Å²) in [6, 6.07) is 18.0. The minimum atomic E-state index is -0.524. The van der Waals surface area contributed by atoms with Crippen molar-refractivity contribution in [2.75, 3.05) is 5.32 Å². The van der Waals surface area contributed by atoms with E-state index in [-0.39, 0.29) is 5.69 Å². The van der Waals surface area contributed by atoms with Gasteiger partial charge in [-0.2, -0.15) is 0 Å². The van der Waals surface area contributed by atoms with Crippen molar-refractivity contribution in [2.45, 2.75) is 6.54 Å². The van der Waals surface area contributed by atoms with Gasteiger partial charge in [-0.3, -0.25) is 9.78 Å². The molecule has 3 rings (SSSR count). The van der Waals surface area contributed by atoms with E-state index >= 15 is 0 Å². The highest BCUT2D eigenvalue weighted by Gasteiger charge is 2.04. The highest BCUT2D eigenvalue weighted by molar-refractivity contribution is 5.91. The van der Waals surface area contributed by atoms with Crippen LogP contribution in [0.25, 0.3) is 10.8 Å². The molecule has 3 aromatic rings. The van der Waals surface area contributed by atoms with E-state index in [1.165, 1.54) is 16.3 Å². The molecule has 0 spiro atoms. The Kier molecular flexibility index (Phi) is 3.51. The van der Waals surface area contributed by atoms with Crippen LogP contribution < -0.4 is 11.1 Å². The second-order valence-corrected chi connectivity index (χ2v) is 4.79. The van der Waals surface area contributed by atoms with Gasteiger partial charge in [-0.05, 0) is 28.5 Å². The lowest BCUT2D eigenvalue weighted by atomic mass is 10.0. The molecule has 0 saturated heterocycles. The van der Waals surface area contributed by atoms with Gasteiger partial charge in [-0.1, -0.05) is 42.5 Å². The lowest BCUT2D eigenvalue weighted by molar-refractivity contribution is 0.0995. The normalized spacial score (nSPS) is 10.5. The summed E-state index contributed by atoms with van der Waals surface area (Å²) in [5, 5.41) is 5.73. The van der Waals surface area contributed by atoms with E-state index in [2.05, 4.69) is 34.6 Å². The van der Waals surface area contributed by atoms with Crippen molar-refractivity contribution >= 4 is 22.4 Å². The fourth-order valence-electron chi connectivity index (χ4n) is 2.32. The van der Waals surface area contributed by atoms with Crippen LogP contribution in [0.2, 0.25) is 0 Å². The molecular weight excluding hydrogens is 262 g/mol. The number of nitrogens with two attached hydrogens (primary N) is 1. The second kappa shape index (κ2) is 5.63. The van der Waals surface area contributed by atoms with Crippen LogP contribution in [0.3, 0.4) is 0 Å². The Morgan fingerprint density at radius 2 is 1.90 bits per heavy atom. The van der Waals surface area contributed by atoms with Gasteiger partial charge in [0.2, 0.25) is 0 Å². The number of hydrogen-bond acceptors (Lipinski definition) is 3. The zero-order valence-corrected chi connectivity index (χ0v) is 11.4. The molecule has 0 unspecified atom stereocenters. The first kappa shape index (κ1) is 13.1. The summed E-state index contributed by atoms with van der Waals surface area (Å²) in [4.78, 5) is 15.1. The number of hydrogen-bond donors (Lipinski definition) is 2. The van der Waals surface area contributed by atoms with Gasteiger partial charge < -0.3 is 11.1 Å². The Labute approximate surface area is 122 Å². The minimum Gasteiger partial charge on any atom is -0.381 e. The summed E-state index contributed by atoms with van der Waals surface area (Å²) in [6.45, 7) is 0.670. The third-order valence-corrected chi connectivity index (χ3v) is 3.38. The molecule has 104 valence electrons. The second-order valence-electron chi connectivity index (χ2n) is 4.79. The molecule has 0 aliphatic heterocycles. The van der Waals surface area contributed by atoms with Crippen LogP contribution in [-0.4, -0.2) is 10.9 Å². The molecule has 4 nitrogen and oxygen atoms in total. The molecule has 21 heavy (non-hydrogen) atoms. The van der Waals surface area contributed by atoms with Gasteiger partial charge in [0.1, 0.15) is 5.69 Å². The number of nitrogens with one attached hydrogen (secondary N) is 1. The fraction of sp³-hybridized carbons (Fsp3) is 0.0588. The Morgan fingerprint density at radius 3 is 2.76 bits per heavy atom. The summed E-state index contributed by atoms with van der Waals surface area (Å²) < 4.78 is 0. The first-order chi connectivity index (χ1) is 10.2. The van der Waals surface area contributed by atoms with Crippen molar-refractivity contribution in [3.8, 4) is 0 Å². The largest absolute Gasteiger partial charge is 0.381 e. The summed E-state index contributed by atoms with van der Waals surface area (Å²) in [6.07, 6.45) is 1.57. The van der Waals surface area contributed by atoms with E-state index in [9.17, 15) is 4.79 Å². The van der Waals surface area contributed by atoms with E-state index in [0.29, 0.717) is 6.54 Å². The zero-order valence-electron chi connectivity index (χ0n) is 11.4. The van der Waals surface area contributed by atoms with E-state index < -0.39 is 5.91 Å². The monoisotopic (exact) mass is 277 g/mol. The lowest BCUT2D eigenvalue weighted by Crippen LogP contribution is -2.13. The molecule has 0 radical (unpaired) electrons. The van der Waals surface area contributed by atoms with Crippen LogP contribution in [0, 0.1) is 0 Å². The van der Waals surface area contributed by atoms with Gasteiger partial charge in [0.15, 0.2) is 0 Å². The highest BCUT2D eigenvalue weighted by atomic mass is 16.1. The van der Waals surface area contributed by atoms with Crippen LogP contribution in [0.1, 0.15) is 16.1 Å². The molecule has 4 heteroatoms. The third kappa shape index (κ3) is 2.84. The smallest absolute Gasteiger partial charge is 0.267 e. The van der Waals surface area contributed by atoms with Crippen LogP contribution in [-0.2, 0) is 6.54 Å². The van der Waals surface area contributed by atoms with Crippen LogP contribution in [0.4, 0.5) is 5.69 Å². The number of aromatic nitrogens is 1. The minimum absolute atomic E-state index is 0.262. The van der Waals surface area contributed by atoms with Gasteiger partial charge in [0.05, 0.1) is 0 Å². The number of rotatable bonds is 4. The quantitative estimate of drug-likeness (QED) is 0.770. The van der Waals surface area contributed by atoms with Gasteiger partial charge in [-0.15, -0.1) is 0 Å². The van der Waals surface area contributed by atoms with E-state index in [1.54, 1.807) is 12.3 Å². The van der Waals surface area contributed by atoms with Gasteiger partial charge in [-0.25, -0.2) is 0 Å². The maximum atomic E-state index is 11.1. The summed E-state index contributed by atoms with van der Waals surface area (Å²) in [5.74, 6) is -0.524. The predicted molar refractivity (Wildman–Crippen MR) is 84.0 cm³/mol. The third-order valence-electron chi connectivity index (χ3n) is 3.38. The summed E-state index contributed by atoms with van der Waals surface area (Å²) >= 11 is 0. The van der Waals surface area contributed by atoms with Gasteiger partial charge in [0.25, 0.3) is 5.91 Å². The van der Waals surface area contributed by atoms with Crippen molar-refractivity contribution in [3.05, 3.63) is 72.1 Å². The highest BCUT2D eigenvalue weighted by Crippen LogP contribution is 2.19. The van der Waals surface area contributed by atoms with Crippen molar-refractivity contribution < 1.29 is 4.79 Å². The van der Waals surface area contributed by atoms with Crippen molar-refractivity contribution in [3.63, 3.8) is 0 Å². The molecule has 1 heterocycles. The molecule has 2 aromatic carbocycles. The molecule has 0 fully saturated rings.